The second-order valence-electron chi connectivity index (χ2n) is 7.84. The van der Waals surface area contributed by atoms with Gasteiger partial charge < -0.3 is 59.4 Å². The van der Waals surface area contributed by atoms with Gasteiger partial charge in [-0.2, -0.15) is 0 Å². The van der Waals surface area contributed by atoms with Gasteiger partial charge in [-0.15, -0.1) is 0 Å². The summed E-state index contributed by atoms with van der Waals surface area (Å²) < 4.78 is 0. The van der Waals surface area contributed by atoms with Crippen molar-refractivity contribution in [3.63, 3.8) is 0 Å². The molecule has 3 rings (SSSR count). The minimum atomic E-state index is -1.27. The number of carbonyl (C=O) groups is 2. The van der Waals surface area contributed by atoms with Crippen molar-refractivity contribution in [2.75, 3.05) is 4.90 Å². The van der Waals surface area contributed by atoms with E-state index in [1.807, 2.05) is 36.0 Å². The molecule has 31 heavy (non-hydrogen) atoms. The van der Waals surface area contributed by atoms with Crippen LogP contribution < -0.4 is 54.5 Å². The maximum atomic E-state index is 12.3. The minimum absolute atomic E-state index is 0. The number of nitrogens with zero attached hydrogens (tertiary/aromatic N) is 2. The molecule has 0 bridgehead atoms. The van der Waals surface area contributed by atoms with E-state index in [1.54, 1.807) is 0 Å². The van der Waals surface area contributed by atoms with Crippen LogP contribution in [0.25, 0.3) is 0 Å². The summed E-state index contributed by atoms with van der Waals surface area (Å²) in [7, 11) is 0. The molecule has 1 fully saturated rings. The number of hydrogen-bond acceptors (Lipinski definition) is 4. The summed E-state index contributed by atoms with van der Waals surface area (Å²) in [6.07, 6.45) is 13.7. The third kappa shape index (κ3) is 7.09. The molecule has 1 saturated carbocycles. The van der Waals surface area contributed by atoms with E-state index in [1.165, 1.54) is 24.8 Å². The molecule has 1 aromatic rings. The largest absolute Gasteiger partial charge is 1.00 e. The molecule has 0 N–H and O–H groups in total. The standard InChI is InChI=1S/C22H30N2O2.4ClH.Ir/c1-17-13-18(2)21(19(3)14-17)24-12-11-23(22(24,15-25)16-26)20-9-7-5-4-6-8-10-20;;;;;/h11-16,20H,4-10H2,1-3H3;4*1H;/p-4. The summed E-state index contributed by atoms with van der Waals surface area (Å²) in [6, 6.07) is 4.45. The van der Waals surface area contributed by atoms with Gasteiger partial charge in [-0.25, -0.2) is 0 Å². The molecule has 181 valence electrons. The van der Waals surface area contributed by atoms with E-state index in [2.05, 4.69) is 19.1 Å². The summed E-state index contributed by atoms with van der Waals surface area (Å²) in [6.45, 7) is 6.15. The first kappa shape index (κ1) is 35.3. The monoisotopic (exact) mass is 687 g/mol. The van der Waals surface area contributed by atoms with Crippen LogP contribution in [0.15, 0.2) is 24.5 Å². The second kappa shape index (κ2) is 15.5. The molecule has 1 aromatic carbocycles. The summed E-state index contributed by atoms with van der Waals surface area (Å²) in [4.78, 5) is 28.5. The van der Waals surface area contributed by atoms with Crippen molar-refractivity contribution in [2.45, 2.75) is 77.4 Å². The van der Waals surface area contributed by atoms with E-state index in [0.29, 0.717) is 0 Å². The number of aryl methyl sites for hydroxylation is 3. The first-order valence-corrected chi connectivity index (χ1v) is 9.80. The Kier molecular flexibility index (Phi) is 17.7. The van der Waals surface area contributed by atoms with Gasteiger partial charge in [0.25, 0.3) is 0 Å². The number of hydrogen-bond donors (Lipinski definition) is 0. The molecule has 1 heterocycles. The van der Waals surface area contributed by atoms with Crippen LogP contribution in [-0.2, 0) is 29.7 Å². The first-order chi connectivity index (χ1) is 12.5. The average Bonchev–Trinajstić information content (AvgIpc) is 2.93. The number of halogens is 4. The summed E-state index contributed by atoms with van der Waals surface area (Å²) in [5.41, 5.74) is 3.04. The van der Waals surface area contributed by atoms with Crippen molar-refractivity contribution in [3.05, 3.63) is 41.2 Å². The smallest absolute Gasteiger partial charge is 0.231 e. The van der Waals surface area contributed by atoms with Gasteiger partial charge in [-0.1, -0.05) is 49.8 Å². The van der Waals surface area contributed by atoms with Gasteiger partial charge >= 0.3 is 0 Å². The molecule has 4 nitrogen and oxygen atoms in total. The summed E-state index contributed by atoms with van der Waals surface area (Å²) >= 11 is 0. The zero-order valence-corrected chi connectivity index (χ0v) is 23.5. The van der Waals surface area contributed by atoms with Gasteiger partial charge in [-0.3, -0.25) is 9.59 Å². The van der Waals surface area contributed by atoms with E-state index in [4.69, 9.17) is 0 Å². The topological polar surface area (TPSA) is 40.6 Å². The van der Waals surface area contributed by atoms with Crippen molar-refractivity contribution in [3.8, 4) is 0 Å². The fourth-order valence-corrected chi connectivity index (χ4v) is 4.70. The Morgan fingerprint density at radius 3 is 1.71 bits per heavy atom. The fraction of sp³-hybridized carbons (Fsp3) is 0.545. The fourth-order valence-electron chi connectivity index (χ4n) is 4.70. The number of anilines is 1. The first-order valence-electron chi connectivity index (χ1n) is 9.80. The van der Waals surface area contributed by atoms with Crippen molar-refractivity contribution in [1.82, 2.24) is 4.90 Å². The zero-order chi connectivity index (χ0) is 18.7. The van der Waals surface area contributed by atoms with Crippen LogP contribution in [0.4, 0.5) is 5.69 Å². The molecule has 0 atom stereocenters. The minimum Gasteiger partial charge on any atom is -1.00 e. The third-order valence-electron chi connectivity index (χ3n) is 5.87. The average molecular weight is 689 g/mol. The molecule has 0 unspecified atom stereocenters. The van der Waals surface area contributed by atoms with Gasteiger partial charge in [-0.05, 0) is 44.7 Å². The molecule has 2 aliphatic rings. The molecule has 0 aromatic heterocycles. The normalized spacial score (nSPS) is 17.4. The number of benzene rings is 1. The molecule has 0 spiro atoms. The predicted octanol–water partition coefficient (Wildman–Crippen LogP) is -7.57. The molecule has 1 aliphatic carbocycles. The van der Waals surface area contributed by atoms with Crippen LogP contribution in [0, 0.1) is 20.8 Å². The van der Waals surface area contributed by atoms with Crippen molar-refractivity contribution < 1.29 is 79.3 Å². The van der Waals surface area contributed by atoms with E-state index >= 15 is 0 Å². The Morgan fingerprint density at radius 2 is 1.26 bits per heavy atom. The Hall–Kier alpha value is -0.291. The summed E-state index contributed by atoms with van der Waals surface area (Å²) in [5.74, 6) is 0. The molecule has 1 radical (unpaired) electrons. The predicted molar refractivity (Wildman–Crippen MR) is 105 cm³/mol. The van der Waals surface area contributed by atoms with Crippen LogP contribution in [0.5, 0.6) is 0 Å². The van der Waals surface area contributed by atoms with E-state index in [0.717, 1.165) is 55.1 Å². The molecule has 9 heteroatoms. The molecular weight excluding hydrogens is 658 g/mol. The molecular formula is C22H30Cl4IrN2O2-4. The van der Waals surface area contributed by atoms with Gasteiger partial charge in [0, 0.05) is 44.2 Å². The van der Waals surface area contributed by atoms with E-state index in [9.17, 15) is 9.59 Å². The molecule has 0 saturated heterocycles. The van der Waals surface area contributed by atoms with Crippen LogP contribution in [0.3, 0.4) is 0 Å². The van der Waals surface area contributed by atoms with Crippen LogP contribution >= 0.6 is 0 Å². The zero-order valence-electron chi connectivity index (χ0n) is 18.0. The molecule has 0 amide bonds. The van der Waals surface area contributed by atoms with Gasteiger partial charge in [0.1, 0.15) is 0 Å². The summed E-state index contributed by atoms with van der Waals surface area (Å²) in [5, 5.41) is 0. The van der Waals surface area contributed by atoms with Gasteiger partial charge in [0.05, 0.1) is 0 Å². The Labute approximate surface area is 225 Å². The van der Waals surface area contributed by atoms with Crippen LogP contribution in [0.1, 0.15) is 61.6 Å². The second-order valence-corrected chi connectivity index (χ2v) is 7.84. The maximum absolute atomic E-state index is 12.3. The number of rotatable bonds is 4. The SMILES string of the molecule is Cc1cc(C)c(N2C=CN(C3CCCCCCC3)C2(C=O)C=O)c(C)c1.[Cl-].[Cl-].[Cl-].[Cl-].[Ir]. The number of carbonyl (C=O) groups excluding carboxylic acids is 2. The van der Waals surface area contributed by atoms with Gasteiger partial charge in [0.15, 0.2) is 12.6 Å². The Morgan fingerprint density at radius 1 is 0.806 bits per heavy atom. The van der Waals surface area contributed by atoms with Crippen molar-refractivity contribution in [1.29, 1.82) is 0 Å². The van der Waals surface area contributed by atoms with Crippen LogP contribution in [-0.4, -0.2) is 29.2 Å². The van der Waals surface area contributed by atoms with Gasteiger partial charge in [0.2, 0.25) is 5.66 Å². The third-order valence-corrected chi connectivity index (χ3v) is 5.87. The van der Waals surface area contributed by atoms with Crippen molar-refractivity contribution >= 4 is 18.3 Å². The van der Waals surface area contributed by atoms with Crippen molar-refractivity contribution in [2.24, 2.45) is 0 Å². The Balaban J connectivity index is -0.00000157. The number of aldehydes is 2. The van der Waals surface area contributed by atoms with E-state index < -0.39 is 5.66 Å². The van der Waals surface area contributed by atoms with E-state index in [-0.39, 0.29) is 75.8 Å². The Bertz CT molecular complexity index is 694. The maximum Gasteiger partial charge on any atom is 0.231 e. The quantitative estimate of drug-likeness (QED) is 0.233. The van der Waals surface area contributed by atoms with Crippen LogP contribution in [0.2, 0.25) is 0 Å². The molecule has 1 aliphatic heterocycles.